The van der Waals surface area contributed by atoms with Gasteiger partial charge in [0.15, 0.2) is 0 Å². The molecular formula is C32H31F6N5O2. The third kappa shape index (κ3) is 6.79. The van der Waals surface area contributed by atoms with E-state index in [1.807, 2.05) is 11.9 Å². The van der Waals surface area contributed by atoms with Gasteiger partial charge in [0.05, 0.1) is 23.3 Å². The van der Waals surface area contributed by atoms with Gasteiger partial charge in [-0.1, -0.05) is 18.2 Å². The molecule has 4 heterocycles. The molecular weight excluding hydrogens is 600 g/mol. The molecule has 1 amide bonds. The van der Waals surface area contributed by atoms with E-state index in [0.29, 0.717) is 29.9 Å². The number of aromatic nitrogens is 2. The number of alkyl halides is 6. The van der Waals surface area contributed by atoms with Gasteiger partial charge in [0, 0.05) is 58.2 Å². The van der Waals surface area contributed by atoms with Crippen LogP contribution in [0.4, 0.5) is 26.3 Å². The minimum atomic E-state index is -4.65. The second-order valence-electron chi connectivity index (χ2n) is 11.6. The molecule has 6 rings (SSSR count). The highest BCUT2D eigenvalue weighted by Gasteiger charge is 2.46. The fourth-order valence-electron chi connectivity index (χ4n) is 6.00. The second kappa shape index (κ2) is 12.0. The van der Waals surface area contributed by atoms with Gasteiger partial charge in [-0.25, -0.2) is 4.98 Å². The number of nitrogens with zero attached hydrogens (tertiary/aromatic N) is 4. The Labute approximate surface area is 255 Å². The summed E-state index contributed by atoms with van der Waals surface area (Å²) in [6.07, 6.45) is -6.53. The van der Waals surface area contributed by atoms with Crippen molar-refractivity contribution in [2.45, 2.75) is 37.8 Å². The van der Waals surface area contributed by atoms with Crippen molar-refractivity contribution in [3.05, 3.63) is 88.7 Å². The van der Waals surface area contributed by atoms with Crippen LogP contribution in [0.3, 0.4) is 0 Å². The maximum Gasteiger partial charge on any atom is 0.416 e. The zero-order valence-electron chi connectivity index (χ0n) is 24.4. The average molecular weight is 632 g/mol. The first-order chi connectivity index (χ1) is 21.3. The van der Waals surface area contributed by atoms with E-state index >= 15 is 0 Å². The zero-order chi connectivity index (χ0) is 31.9. The minimum Gasteiger partial charge on any atom is -0.457 e. The van der Waals surface area contributed by atoms with Gasteiger partial charge in [-0.15, -0.1) is 0 Å². The monoisotopic (exact) mass is 631 g/mol. The van der Waals surface area contributed by atoms with Crippen molar-refractivity contribution >= 4 is 16.9 Å². The van der Waals surface area contributed by atoms with Crippen LogP contribution >= 0.6 is 0 Å². The van der Waals surface area contributed by atoms with Crippen LogP contribution in [0.15, 0.2) is 60.9 Å². The van der Waals surface area contributed by atoms with Gasteiger partial charge < -0.3 is 19.5 Å². The molecule has 0 aliphatic carbocycles. The van der Waals surface area contributed by atoms with Crippen molar-refractivity contribution in [1.29, 1.82) is 0 Å². The molecule has 0 radical (unpaired) electrons. The molecule has 45 heavy (non-hydrogen) atoms. The van der Waals surface area contributed by atoms with E-state index in [9.17, 15) is 31.1 Å². The molecule has 2 aromatic heterocycles. The smallest absolute Gasteiger partial charge is 0.416 e. The number of piperazine rings is 1. The van der Waals surface area contributed by atoms with Crippen LogP contribution in [0.2, 0.25) is 0 Å². The number of hydrogen-bond donors (Lipinski definition) is 1. The van der Waals surface area contributed by atoms with Crippen LogP contribution in [0, 0.1) is 0 Å². The first kappa shape index (κ1) is 30.9. The molecule has 0 spiro atoms. The lowest BCUT2D eigenvalue weighted by atomic mass is 9.88. The van der Waals surface area contributed by atoms with E-state index in [1.54, 1.807) is 18.3 Å². The summed E-state index contributed by atoms with van der Waals surface area (Å²) in [6, 6.07) is 11.5. The molecule has 1 atom stereocenters. The Bertz CT molecular complexity index is 1690. The second-order valence-corrected chi connectivity index (χ2v) is 11.6. The Hall–Kier alpha value is -4.10. The van der Waals surface area contributed by atoms with Crippen molar-refractivity contribution in [3.8, 4) is 11.5 Å². The number of pyridine rings is 1. The predicted molar refractivity (Wildman–Crippen MR) is 155 cm³/mol. The number of benzene rings is 2. The van der Waals surface area contributed by atoms with Crippen molar-refractivity contribution in [2.24, 2.45) is 0 Å². The number of halogens is 6. The number of carbonyl (C=O) groups is 1. The average Bonchev–Trinajstić information content (AvgIpc) is 3.47. The SMILES string of the molecule is CN1CCN(Cc2ccc(CC(=O)N3Cc4cc(Oc5ccnc6[nH]ccc56)ccc4C(C(F)(F)F)C3)cc2C(F)(F)F)CC1. The fraction of sp³-hybridized carbons (Fsp3) is 0.375. The highest BCUT2D eigenvalue weighted by molar-refractivity contribution is 5.82. The number of amides is 1. The summed E-state index contributed by atoms with van der Waals surface area (Å²) >= 11 is 0. The Kier molecular flexibility index (Phi) is 8.25. The number of carbonyl (C=O) groups excluding carboxylic acids is 1. The van der Waals surface area contributed by atoms with E-state index in [-0.39, 0.29) is 41.1 Å². The van der Waals surface area contributed by atoms with Crippen LogP contribution in [0.1, 0.15) is 33.7 Å². The van der Waals surface area contributed by atoms with Gasteiger partial charge in [-0.2, -0.15) is 26.3 Å². The molecule has 2 aliphatic heterocycles. The van der Waals surface area contributed by atoms with Gasteiger partial charge in [-0.05, 0) is 59.6 Å². The number of fused-ring (bicyclic) bond motifs is 2. The zero-order valence-corrected chi connectivity index (χ0v) is 24.4. The summed E-state index contributed by atoms with van der Waals surface area (Å²) in [7, 11) is 1.96. The number of likely N-dealkylation sites (N-methyl/N-ethyl adjacent to an activating group) is 1. The molecule has 2 aliphatic rings. The molecule has 1 saturated heterocycles. The summed E-state index contributed by atoms with van der Waals surface area (Å²) in [6.45, 7) is 2.12. The number of H-pyrrole nitrogens is 1. The highest BCUT2D eigenvalue weighted by Crippen LogP contribution is 2.42. The molecule has 1 unspecified atom stereocenters. The molecule has 13 heteroatoms. The van der Waals surface area contributed by atoms with Crippen LogP contribution in [-0.2, 0) is 30.5 Å². The van der Waals surface area contributed by atoms with E-state index in [1.165, 1.54) is 36.5 Å². The maximum absolute atomic E-state index is 14.2. The van der Waals surface area contributed by atoms with Gasteiger partial charge in [0.2, 0.25) is 5.91 Å². The molecule has 7 nitrogen and oxygen atoms in total. The number of aromatic amines is 1. The van der Waals surface area contributed by atoms with Crippen molar-refractivity contribution in [3.63, 3.8) is 0 Å². The number of rotatable bonds is 6. The van der Waals surface area contributed by atoms with Gasteiger partial charge in [0.25, 0.3) is 0 Å². The molecule has 238 valence electrons. The molecule has 2 aromatic carbocycles. The Balaban J connectivity index is 1.22. The summed E-state index contributed by atoms with van der Waals surface area (Å²) < 4.78 is 90.8. The predicted octanol–water partition coefficient (Wildman–Crippen LogP) is 6.35. The van der Waals surface area contributed by atoms with Crippen LogP contribution in [0.5, 0.6) is 11.5 Å². The van der Waals surface area contributed by atoms with Crippen LogP contribution in [0.25, 0.3) is 11.0 Å². The van der Waals surface area contributed by atoms with Crippen LogP contribution in [-0.4, -0.2) is 76.5 Å². The third-order valence-electron chi connectivity index (χ3n) is 8.47. The Morgan fingerprint density at radius 2 is 1.78 bits per heavy atom. The minimum absolute atomic E-state index is 0.0352. The van der Waals surface area contributed by atoms with Crippen molar-refractivity contribution < 1.29 is 35.9 Å². The van der Waals surface area contributed by atoms with Crippen molar-refractivity contribution in [2.75, 3.05) is 39.8 Å². The summed E-state index contributed by atoms with van der Waals surface area (Å²) in [5, 5.41) is 0.688. The molecule has 0 saturated carbocycles. The van der Waals surface area contributed by atoms with Crippen molar-refractivity contribution in [1.82, 2.24) is 24.7 Å². The maximum atomic E-state index is 14.2. The first-order valence-electron chi connectivity index (χ1n) is 14.5. The lowest BCUT2D eigenvalue weighted by molar-refractivity contribution is -0.161. The lowest BCUT2D eigenvalue weighted by Crippen LogP contribution is -2.44. The standard InChI is InChI=1S/C32H31F6N5O2/c1-41-10-12-42(13-11-41)17-21-3-2-20(14-26(21)31(33,34)35)15-29(44)43-18-22-16-23(4-5-24(22)27(19-43)32(36,37)38)45-28-7-9-40-30-25(28)6-8-39-30/h2-9,14,16,27H,10-13,15,17-19H2,1H3,(H,39,40). The Morgan fingerprint density at radius 3 is 2.51 bits per heavy atom. The molecule has 1 N–H and O–H groups in total. The van der Waals surface area contributed by atoms with E-state index in [0.717, 1.165) is 24.1 Å². The number of hydrogen-bond acceptors (Lipinski definition) is 5. The van der Waals surface area contributed by atoms with E-state index in [4.69, 9.17) is 4.74 Å². The highest BCUT2D eigenvalue weighted by atomic mass is 19.4. The topological polar surface area (TPSA) is 64.7 Å². The molecule has 1 fully saturated rings. The molecule has 4 aromatic rings. The quantitative estimate of drug-likeness (QED) is 0.251. The van der Waals surface area contributed by atoms with Gasteiger partial charge in [0.1, 0.15) is 17.1 Å². The normalized spacial score (nSPS) is 18.3. The molecule has 0 bridgehead atoms. The first-order valence-corrected chi connectivity index (χ1v) is 14.5. The summed E-state index contributed by atoms with van der Waals surface area (Å²) in [4.78, 5) is 25.6. The summed E-state index contributed by atoms with van der Waals surface area (Å²) in [5.41, 5.74) is 0.235. The summed E-state index contributed by atoms with van der Waals surface area (Å²) in [5.74, 6) is -1.91. The number of ether oxygens (including phenoxy) is 1. The lowest BCUT2D eigenvalue weighted by Gasteiger charge is -2.36. The number of nitrogens with one attached hydrogen (secondary N) is 1. The van der Waals surface area contributed by atoms with E-state index < -0.39 is 42.7 Å². The van der Waals surface area contributed by atoms with Gasteiger partial charge >= 0.3 is 12.4 Å². The van der Waals surface area contributed by atoms with Crippen LogP contribution < -0.4 is 4.74 Å². The fourth-order valence-corrected chi connectivity index (χ4v) is 6.00. The third-order valence-corrected chi connectivity index (χ3v) is 8.47. The largest absolute Gasteiger partial charge is 0.457 e. The van der Waals surface area contributed by atoms with E-state index in [2.05, 4.69) is 14.9 Å². The van der Waals surface area contributed by atoms with Gasteiger partial charge in [-0.3, -0.25) is 9.69 Å². The Morgan fingerprint density at radius 1 is 1.00 bits per heavy atom.